The van der Waals surface area contributed by atoms with Crippen LogP contribution in [0.15, 0.2) is 0 Å². The number of carbonyl (C=O) groups excluding carboxylic acids is 3. The number of piperidine rings is 1. The third kappa shape index (κ3) is 2.75. The average Bonchev–Trinajstić information content (AvgIpc) is 3.08. The predicted molar refractivity (Wildman–Crippen MR) is 79.8 cm³/mol. The number of rotatable bonds is 3. The van der Waals surface area contributed by atoms with Gasteiger partial charge in [-0.3, -0.25) is 9.69 Å². The number of urea groups is 1. The molecule has 0 aromatic carbocycles. The maximum absolute atomic E-state index is 12.6. The van der Waals surface area contributed by atoms with E-state index in [0.29, 0.717) is 45.5 Å². The lowest BCUT2D eigenvalue weighted by molar-refractivity contribution is -0.130. The molecule has 0 saturated carbocycles. The van der Waals surface area contributed by atoms with Gasteiger partial charge in [-0.25, -0.2) is 9.59 Å². The van der Waals surface area contributed by atoms with Crippen LogP contribution in [0.5, 0.6) is 0 Å². The van der Waals surface area contributed by atoms with Gasteiger partial charge in [0.15, 0.2) is 0 Å². The number of imide groups is 1. The van der Waals surface area contributed by atoms with E-state index in [0.717, 1.165) is 0 Å². The molecular weight excluding hydrogens is 302 g/mol. The zero-order chi connectivity index (χ0) is 16.6. The molecule has 0 radical (unpaired) electrons. The first kappa shape index (κ1) is 16.0. The van der Waals surface area contributed by atoms with E-state index in [4.69, 9.17) is 9.47 Å². The van der Waals surface area contributed by atoms with Crippen molar-refractivity contribution in [3.8, 4) is 0 Å². The van der Waals surface area contributed by atoms with Crippen molar-refractivity contribution in [2.24, 2.45) is 0 Å². The molecule has 3 heterocycles. The summed E-state index contributed by atoms with van der Waals surface area (Å²) in [5.74, 6) is -0.121. The molecule has 8 nitrogen and oxygen atoms in total. The summed E-state index contributed by atoms with van der Waals surface area (Å²) in [6, 6.07) is -0.725. The Morgan fingerprint density at radius 2 is 1.96 bits per heavy atom. The Labute approximate surface area is 135 Å². The maximum Gasteiger partial charge on any atom is 0.409 e. The number of ether oxygens (including phenoxy) is 2. The van der Waals surface area contributed by atoms with Crippen LogP contribution >= 0.6 is 0 Å². The Balaban J connectivity index is 1.60. The van der Waals surface area contributed by atoms with Crippen LogP contribution in [0.4, 0.5) is 9.59 Å². The summed E-state index contributed by atoms with van der Waals surface area (Å²) in [7, 11) is 1.60. The van der Waals surface area contributed by atoms with Crippen molar-refractivity contribution in [2.75, 3.05) is 33.4 Å². The molecule has 4 amide bonds. The van der Waals surface area contributed by atoms with Gasteiger partial charge in [0.2, 0.25) is 0 Å². The molecule has 0 aromatic heterocycles. The second-order valence-electron chi connectivity index (χ2n) is 6.17. The molecule has 128 valence electrons. The minimum atomic E-state index is -0.379. The predicted octanol–water partition coefficient (Wildman–Crippen LogP) is 0.659. The number of fused-ring (bicyclic) bond motifs is 1. The molecule has 23 heavy (non-hydrogen) atoms. The molecule has 3 saturated heterocycles. The number of amides is 4. The molecule has 0 spiro atoms. The third-order valence-corrected chi connectivity index (χ3v) is 4.93. The molecule has 8 heteroatoms. The van der Waals surface area contributed by atoms with Crippen molar-refractivity contribution in [3.63, 3.8) is 0 Å². The van der Waals surface area contributed by atoms with Gasteiger partial charge in [-0.2, -0.15) is 0 Å². The Morgan fingerprint density at radius 3 is 2.52 bits per heavy atom. The van der Waals surface area contributed by atoms with Crippen LogP contribution in [0, 0.1) is 0 Å². The highest BCUT2D eigenvalue weighted by atomic mass is 16.6. The molecule has 0 N–H and O–H groups in total. The van der Waals surface area contributed by atoms with Crippen LogP contribution in [-0.2, 0) is 14.3 Å². The molecule has 0 aromatic rings. The summed E-state index contributed by atoms with van der Waals surface area (Å²) in [6.07, 6.45) is 1.39. The lowest BCUT2D eigenvalue weighted by Gasteiger charge is -2.35. The van der Waals surface area contributed by atoms with Crippen molar-refractivity contribution in [2.45, 2.75) is 44.4 Å². The van der Waals surface area contributed by atoms with Gasteiger partial charge in [0.1, 0.15) is 6.04 Å². The fourth-order valence-corrected chi connectivity index (χ4v) is 3.66. The highest BCUT2D eigenvalue weighted by Gasteiger charge is 2.52. The largest absolute Gasteiger partial charge is 0.450 e. The van der Waals surface area contributed by atoms with Crippen molar-refractivity contribution in [1.82, 2.24) is 14.7 Å². The second kappa shape index (κ2) is 6.35. The quantitative estimate of drug-likeness (QED) is 0.712. The van der Waals surface area contributed by atoms with Gasteiger partial charge in [0.05, 0.1) is 12.7 Å². The first-order valence-electron chi connectivity index (χ1n) is 8.15. The number of likely N-dealkylation sites (tertiary alicyclic amines) is 1. The number of hydrogen-bond acceptors (Lipinski definition) is 5. The van der Waals surface area contributed by atoms with Crippen LogP contribution in [-0.4, -0.2) is 84.3 Å². The fourth-order valence-electron chi connectivity index (χ4n) is 3.66. The van der Waals surface area contributed by atoms with Gasteiger partial charge < -0.3 is 19.3 Å². The summed E-state index contributed by atoms with van der Waals surface area (Å²) in [4.78, 5) is 41.5. The fraction of sp³-hybridized carbons (Fsp3) is 0.800. The second-order valence-corrected chi connectivity index (χ2v) is 6.17. The van der Waals surface area contributed by atoms with E-state index in [-0.39, 0.29) is 36.2 Å². The van der Waals surface area contributed by atoms with Crippen molar-refractivity contribution < 1.29 is 23.9 Å². The van der Waals surface area contributed by atoms with E-state index < -0.39 is 0 Å². The van der Waals surface area contributed by atoms with Gasteiger partial charge in [-0.05, 0) is 19.8 Å². The van der Waals surface area contributed by atoms with Crippen LogP contribution in [0.1, 0.15) is 26.2 Å². The Bertz CT molecular complexity index is 479. The van der Waals surface area contributed by atoms with Gasteiger partial charge in [-0.15, -0.1) is 0 Å². The zero-order valence-electron chi connectivity index (χ0n) is 13.6. The Hall–Kier alpha value is -1.83. The van der Waals surface area contributed by atoms with Crippen LogP contribution < -0.4 is 0 Å². The number of hydrogen-bond donors (Lipinski definition) is 0. The smallest absolute Gasteiger partial charge is 0.409 e. The summed E-state index contributed by atoms with van der Waals surface area (Å²) < 4.78 is 10.3. The van der Waals surface area contributed by atoms with E-state index >= 15 is 0 Å². The lowest BCUT2D eigenvalue weighted by Crippen LogP contribution is -2.50. The summed E-state index contributed by atoms with van der Waals surface area (Å²) in [5.41, 5.74) is 0. The zero-order valence-corrected chi connectivity index (χ0v) is 13.6. The molecule has 0 unspecified atom stereocenters. The highest BCUT2D eigenvalue weighted by Crippen LogP contribution is 2.32. The van der Waals surface area contributed by atoms with Gasteiger partial charge in [-0.1, -0.05) is 0 Å². The van der Waals surface area contributed by atoms with E-state index in [9.17, 15) is 14.4 Å². The van der Waals surface area contributed by atoms with Crippen LogP contribution in [0.25, 0.3) is 0 Å². The molecule has 0 aliphatic carbocycles. The van der Waals surface area contributed by atoms with Gasteiger partial charge >= 0.3 is 12.1 Å². The number of nitrogens with zero attached hydrogens (tertiary/aromatic N) is 3. The van der Waals surface area contributed by atoms with E-state index in [2.05, 4.69) is 0 Å². The number of methoxy groups -OCH3 is 1. The first-order valence-corrected chi connectivity index (χ1v) is 8.15. The van der Waals surface area contributed by atoms with Gasteiger partial charge in [0, 0.05) is 39.2 Å². The van der Waals surface area contributed by atoms with E-state index in [1.165, 1.54) is 4.90 Å². The summed E-state index contributed by atoms with van der Waals surface area (Å²) in [5, 5.41) is 0. The molecule has 3 aliphatic heterocycles. The minimum absolute atomic E-state index is 0.0549. The molecule has 0 bridgehead atoms. The van der Waals surface area contributed by atoms with E-state index in [1.54, 1.807) is 23.8 Å². The third-order valence-electron chi connectivity index (χ3n) is 4.93. The lowest BCUT2D eigenvalue weighted by atomic mass is 10.0. The molecule has 3 fully saturated rings. The Morgan fingerprint density at radius 1 is 1.26 bits per heavy atom. The SMILES string of the molecule is CCOC(=O)N1CCC(N2C(=O)[C@H]3C[C@@H](OC)CN3C2=O)CC1. The normalized spacial score (nSPS) is 28.5. The minimum Gasteiger partial charge on any atom is -0.450 e. The van der Waals surface area contributed by atoms with Crippen LogP contribution in [0.2, 0.25) is 0 Å². The Kier molecular flexibility index (Phi) is 4.43. The van der Waals surface area contributed by atoms with Gasteiger partial charge in [0.25, 0.3) is 5.91 Å². The van der Waals surface area contributed by atoms with Crippen LogP contribution in [0.3, 0.4) is 0 Å². The summed E-state index contributed by atoms with van der Waals surface area (Å²) in [6.45, 7) is 3.60. The van der Waals surface area contributed by atoms with Crippen molar-refractivity contribution in [3.05, 3.63) is 0 Å². The molecule has 3 aliphatic rings. The average molecular weight is 325 g/mol. The molecule has 3 rings (SSSR count). The highest BCUT2D eigenvalue weighted by molar-refractivity contribution is 6.05. The first-order chi connectivity index (χ1) is 11.1. The standard InChI is InChI=1S/C15H23N3O5/c1-3-23-15(21)16-6-4-10(5-7-16)18-13(19)12-8-11(22-2)9-17(12)14(18)20/h10-12H,3-9H2,1-2H3/t11-,12-/m1/s1. The van der Waals surface area contributed by atoms with Crippen molar-refractivity contribution >= 4 is 18.0 Å². The molecular formula is C15H23N3O5. The topological polar surface area (TPSA) is 79.4 Å². The summed E-state index contributed by atoms with van der Waals surface area (Å²) >= 11 is 0. The number of carbonyl (C=O) groups is 3. The van der Waals surface area contributed by atoms with Crippen molar-refractivity contribution in [1.29, 1.82) is 0 Å². The molecule has 2 atom stereocenters. The monoisotopic (exact) mass is 325 g/mol. The maximum atomic E-state index is 12.6. The van der Waals surface area contributed by atoms with E-state index in [1.807, 2.05) is 0 Å².